The van der Waals surface area contributed by atoms with E-state index in [1.807, 2.05) is 19.0 Å². The topological polar surface area (TPSA) is 61.4 Å². The number of nitrogens with zero attached hydrogens (tertiary/aromatic N) is 1. The maximum absolute atomic E-state index is 11.8. The number of benzene rings is 1. The molecule has 0 aliphatic carbocycles. The van der Waals surface area contributed by atoms with Crippen LogP contribution in [-0.4, -0.2) is 50.4 Å². The summed E-state index contributed by atoms with van der Waals surface area (Å²) in [6, 6.07) is 6.57. The molecular formula is C15H21N3O2. The van der Waals surface area contributed by atoms with E-state index in [2.05, 4.69) is 17.2 Å². The quantitative estimate of drug-likeness (QED) is 0.727. The Morgan fingerprint density at radius 1 is 1.10 bits per heavy atom. The number of hydrogen-bond acceptors (Lipinski definition) is 3. The van der Waals surface area contributed by atoms with Gasteiger partial charge in [0.1, 0.15) is 0 Å². The van der Waals surface area contributed by atoms with Gasteiger partial charge >= 0.3 is 0 Å². The van der Waals surface area contributed by atoms with Gasteiger partial charge in [-0.25, -0.2) is 0 Å². The molecule has 0 spiro atoms. The first-order valence-corrected chi connectivity index (χ1v) is 6.46. The fraction of sp³-hybridized carbons (Fsp3) is 0.333. The lowest BCUT2D eigenvalue weighted by Crippen LogP contribution is -2.31. The molecule has 1 aromatic rings. The van der Waals surface area contributed by atoms with Gasteiger partial charge in [-0.1, -0.05) is 6.08 Å². The van der Waals surface area contributed by atoms with E-state index in [9.17, 15) is 9.59 Å². The molecule has 2 amide bonds. The SMILES string of the molecule is C=CCNC(=O)c1ccc(C(=O)NCCN(C)C)cc1. The molecule has 0 saturated carbocycles. The molecule has 0 fully saturated rings. The average Bonchev–Trinajstić information content (AvgIpc) is 2.44. The summed E-state index contributed by atoms with van der Waals surface area (Å²) in [5.74, 6) is -0.311. The zero-order valence-electron chi connectivity index (χ0n) is 12.0. The van der Waals surface area contributed by atoms with Gasteiger partial charge in [-0.05, 0) is 38.4 Å². The van der Waals surface area contributed by atoms with Crippen LogP contribution in [0, 0.1) is 0 Å². The summed E-state index contributed by atoms with van der Waals surface area (Å²) < 4.78 is 0. The minimum atomic E-state index is -0.176. The van der Waals surface area contributed by atoms with E-state index >= 15 is 0 Å². The lowest BCUT2D eigenvalue weighted by atomic mass is 10.1. The normalized spacial score (nSPS) is 10.2. The second-order valence-electron chi connectivity index (χ2n) is 4.64. The van der Waals surface area contributed by atoms with Crippen LogP contribution >= 0.6 is 0 Å². The highest BCUT2D eigenvalue weighted by Crippen LogP contribution is 2.04. The molecule has 0 radical (unpaired) electrons. The third kappa shape index (κ3) is 5.24. The summed E-state index contributed by atoms with van der Waals surface area (Å²) in [4.78, 5) is 25.5. The Morgan fingerprint density at radius 3 is 2.05 bits per heavy atom. The number of carbonyl (C=O) groups excluding carboxylic acids is 2. The predicted molar refractivity (Wildman–Crippen MR) is 79.9 cm³/mol. The van der Waals surface area contributed by atoms with Crippen molar-refractivity contribution in [3.8, 4) is 0 Å². The Balaban J connectivity index is 2.55. The molecule has 2 N–H and O–H groups in total. The second-order valence-corrected chi connectivity index (χ2v) is 4.64. The van der Waals surface area contributed by atoms with Gasteiger partial charge in [-0.15, -0.1) is 6.58 Å². The van der Waals surface area contributed by atoms with Crippen LogP contribution in [0.15, 0.2) is 36.9 Å². The summed E-state index contributed by atoms with van der Waals surface area (Å²) in [6.45, 7) is 5.33. The summed E-state index contributed by atoms with van der Waals surface area (Å²) in [5.41, 5.74) is 1.07. The first-order valence-electron chi connectivity index (χ1n) is 6.46. The molecule has 5 nitrogen and oxygen atoms in total. The van der Waals surface area contributed by atoms with Crippen molar-refractivity contribution in [2.75, 3.05) is 33.7 Å². The fourth-order valence-electron chi connectivity index (χ4n) is 1.54. The minimum absolute atomic E-state index is 0.134. The van der Waals surface area contributed by atoms with Crippen LogP contribution in [0.25, 0.3) is 0 Å². The zero-order valence-corrected chi connectivity index (χ0v) is 12.0. The summed E-state index contributed by atoms with van der Waals surface area (Å²) in [5, 5.41) is 5.50. The van der Waals surface area contributed by atoms with Gasteiger partial charge in [-0.2, -0.15) is 0 Å². The van der Waals surface area contributed by atoms with Gasteiger partial charge in [0.25, 0.3) is 11.8 Å². The molecule has 20 heavy (non-hydrogen) atoms. The average molecular weight is 275 g/mol. The number of carbonyl (C=O) groups is 2. The fourth-order valence-corrected chi connectivity index (χ4v) is 1.54. The van der Waals surface area contributed by atoms with E-state index in [0.29, 0.717) is 24.2 Å². The Morgan fingerprint density at radius 2 is 1.60 bits per heavy atom. The maximum atomic E-state index is 11.8. The molecule has 0 saturated heterocycles. The zero-order chi connectivity index (χ0) is 15.0. The highest BCUT2D eigenvalue weighted by atomic mass is 16.2. The molecular weight excluding hydrogens is 254 g/mol. The van der Waals surface area contributed by atoms with Crippen molar-refractivity contribution in [3.63, 3.8) is 0 Å². The molecule has 1 aromatic carbocycles. The molecule has 108 valence electrons. The van der Waals surface area contributed by atoms with Crippen molar-refractivity contribution in [1.29, 1.82) is 0 Å². The molecule has 0 aliphatic rings. The monoisotopic (exact) mass is 275 g/mol. The first-order chi connectivity index (χ1) is 9.54. The third-order valence-electron chi connectivity index (χ3n) is 2.66. The molecule has 1 rings (SSSR count). The third-order valence-corrected chi connectivity index (χ3v) is 2.66. The van der Waals surface area contributed by atoms with Gasteiger partial charge in [0.15, 0.2) is 0 Å². The van der Waals surface area contributed by atoms with Crippen LogP contribution < -0.4 is 10.6 Å². The number of likely N-dealkylation sites (N-methyl/N-ethyl adjacent to an activating group) is 1. The first kappa shape index (κ1) is 15.9. The molecule has 0 unspecified atom stereocenters. The van der Waals surface area contributed by atoms with E-state index in [-0.39, 0.29) is 11.8 Å². The predicted octanol–water partition coefficient (Wildman–Crippen LogP) is 0.894. The van der Waals surface area contributed by atoms with Crippen molar-refractivity contribution in [2.24, 2.45) is 0 Å². The highest BCUT2D eigenvalue weighted by molar-refractivity contribution is 5.97. The van der Waals surface area contributed by atoms with Crippen LogP contribution in [-0.2, 0) is 0 Å². The van der Waals surface area contributed by atoms with Crippen molar-refractivity contribution < 1.29 is 9.59 Å². The van der Waals surface area contributed by atoms with E-state index in [0.717, 1.165) is 6.54 Å². The molecule has 0 heterocycles. The van der Waals surface area contributed by atoms with Gasteiger partial charge in [0, 0.05) is 30.8 Å². The minimum Gasteiger partial charge on any atom is -0.351 e. The molecule has 0 atom stereocenters. The van der Waals surface area contributed by atoms with Gasteiger partial charge in [0.2, 0.25) is 0 Å². The largest absolute Gasteiger partial charge is 0.351 e. The summed E-state index contributed by atoms with van der Waals surface area (Å²) in [6.07, 6.45) is 1.62. The van der Waals surface area contributed by atoms with Crippen molar-refractivity contribution >= 4 is 11.8 Å². The highest BCUT2D eigenvalue weighted by Gasteiger charge is 2.08. The van der Waals surface area contributed by atoms with E-state index in [4.69, 9.17) is 0 Å². The summed E-state index contributed by atoms with van der Waals surface area (Å²) in [7, 11) is 3.89. The van der Waals surface area contributed by atoms with Crippen molar-refractivity contribution in [2.45, 2.75) is 0 Å². The smallest absolute Gasteiger partial charge is 0.251 e. The van der Waals surface area contributed by atoms with E-state index < -0.39 is 0 Å². The Labute approximate surface area is 119 Å². The van der Waals surface area contributed by atoms with E-state index in [1.54, 1.807) is 30.3 Å². The Bertz CT molecular complexity index is 467. The van der Waals surface area contributed by atoms with Gasteiger partial charge in [-0.3, -0.25) is 9.59 Å². The number of nitrogens with one attached hydrogen (secondary N) is 2. The molecule has 5 heteroatoms. The Kier molecular flexibility index (Phi) is 6.46. The molecule has 0 bridgehead atoms. The van der Waals surface area contributed by atoms with E-state index in [1.165, 1.54) is 0 Å². The lowest BCUT2D eigenvalue weighted by Gasteiger charge is -2.10. The standard InChI is InChI=1S/C15H21N3O2/c1-4-9-16-14(19)12-5-7-13(8-6-12)15(20)17-10-11-18(2)3/h4-8H,1,9-11H2,2-3H3,(H,16,19)(H,17,20). The lowest BCUT2D eigenvalue weighted by molar-refractivity contribution is 0.0942. The molecule has 0 aliphatic heterocycles. The Hall–Kier alpha value is -2.14. The van der Waals surface area contributed by atoms with Crippen LogP contribution in [0.4, 0.5) is 0 Å². The number of amides is 2. The van der Waals surface area contributed by atoms with Gasteiger partial charge < -0.3 is 15.5 Å². The van der Waals surface area contributed by atoms with Crippen molar-refractivity contribution in [1.82, 2.24) is 15.5 Å². The molecule has 0 aromatic heterocycles. The maximum Gasteiger partial charge on any atom is 0.251 e. The second kappa shape index (κ2) is 8.12. The van der Waals surface area contributed by atoms with Crippen LogP contribution in [0.3, 0.4) is 0 Å². The summed E-state index contributed by atoms with van der Waals surface area (Å²) >= 11 is 0. The number of rotatable bonds is 7. The van der Waals surface area contributed by atoms with Crippen molar-refractivity contribution in [3.05, 3.63) is 48.0 Å². The van der Waals surface area contributed by atoms with Crippen LogP contribution in [0.2, 0.25) is 0 Å². The number of hydrogen-bond donors (Lipinski definition) is 2. The van der Waals surface area contributed by atoms with Crippen LogP contribution in [0.5, 0.6) is 0 Å². The van der Waals surface area contributed by atoms with Gasteiger partial charge in [0.05, 0.1) is 0 Å². The van der Waals surface area contributed by atoms with Crippen LogP contribution in [0.1, 0.15) is 20.7 Å².